The molecule has 6 nitrogen and oxygen atoms in total. The summed E-state index contributed by atoms with van der Waals surface area (Å²) < 4.78 is 15.5. The molecule has 1 N–H and O–H groups in total. The Morgan fingerprint density at radius 2 is 1.55 bits per heavy atom. The molecule has 1 atom stereocenters. The number of benzene rings is 2. The molecule has 0 aliphatic rings. The summed E-state index contributed by atoms with van der Waals surface area (Å²) in [6.45, 7) is 2.62. The zero-order chi connectivity index (χ0) is 20.8. The van der Waals surface area contributed by atoms with Gasteiger partial charge in [-0.3, -0.25) is 0 Å². The van der Waals surface area contributed by atoms with E-state index in [0.29, 0.717) is 17.9 Å². The molecule has 0 aliphatic heterocycles. The van der Waals surface area contributed by atoms with Gasteiger partial charge in [-0.25, -0.2) is 9.59 Å². The van der Waals surface area contributed by atoms with Crippen molar-refractivity contribution < 1.29 is 23.5 Å². The quantitative estimate of drug-likeness (QED) is 0.601. The van der Waals surface area contributed by atoms with Crippen LogP contribution in [-0.2, 0) is 16.0 Å². The second-order valence-corrected chi connectivity index (χ2v) is 6.56. The van der Waals surface area contributed by atoms with Gasteiger partial charge in [-0.15, -0.1) is 0 Å². The number of rotatable bonds is 7. The van der Waals surface area contributed by atoms with Crippen molar-refractivity contribution in [3.05, 3.63) is 83.1 Å². The van der Waals surface area contributed by atoms with E-state index in [0.717, 1.165) is 5.76 Å². The van der Waals surface area contributed by atoms with E-state index in [-0.39, 0.29) is 17.2 Å². The smallest absolute Gasteiger partial charge is 0.337 e. The van der Waals surface area contributed by atoms with E-state index in [1.165, 1.54) is 25.8 Å². The Bertz CT molecular complexity index is 959. The van der Waals surface area contributed by atoms with Crippen LogP contribution in [0.25, 0.3) is 11.3 Å². The minimum Gasteiger partial charge on any atom is -0.465 e. The SMILES string of the molecule is COC(=O)c1cc(C(=O)OC)cc(-c2ccc(CN[C@H](C)c3ccccc3)o2)c1. The first-order chi connectivity index (χ1) is 14.0. The first-order valence-corrected chi connectivity index (χ1v) is 9.21. The maximum Gasteiger partial charge on any atom is 0.337 e. The number of carbonyl (C=O) groups is 2. The maximum atomic E-state index is 12.0. The van der Waals surface area contributed by atoms with E-state index < -0.39 is 11.9 Å². The van der Waals surface area contributed by atoms with Gasteiger partial charge < -0.3 is 19.2 Å². The third kappa shape index (κ3) is 4.92. The summed E-state index contributed by atoms with van der Waals surface area (Å²) >= 11 is 0. The molecule has 150 valence electrons. The fourth-order valence-corrected chi connectivity index (χ4v) is 2.98. The highest BCUT2D eigenvalue weighted by molar-refractivity contribution is 5.97. The fraction of sp³-hybridized carbons (Fsp3) is 0.217. The monoisotopic (exact) mass is 393 g/mol. The molecule has 29 heavy (non-hydrogen) atoms. The number of hydrogen-bond acceptors (Lipinski definition) is 6. The second-order valence-electron chi connectivity index (χ2n) is 6.56. The van der Waals surface area contributed by atoms with Gasteiger partial charge >= 0.3 is 11.9 Å². The molecule has 0 saturated heterocycles. The molecule has 0 bridgehead atoms. The zero-order valence-corrected chi connectivity index (χ0v) is 16.6. The summed E-state index contributed by atoms with van der Waals surface area (Å²) in [4.78, 5) is 23.9. The molecule has 0 radical (unpaired) electrons. The Morgan fingerprint density at radius 1 is 0.931 bits per heavy atom. The van der Waals surface area contributed by atoms with E-state index in [4.69, 9.17) is 13.9 Å². The number of hydrogen-bond donors (Lipinski definition) is 1. The summed E-state index contributed by atoms with van der Waals surface area (Å²) in [5.74, 6) is 0.209. The van der Waals surface area contributed by atoms with Gasteiger partial charge in [0, 0.05) is 11.6 Å². The van der Waals surface area contributed by atoms with E-state index in [2.05, 4.69) is 24.4 Å². The lowest BCUT2D eigenvalue weighted by molar-refractivity contribution is 0.0599. The van der Waals surface area contributed by atoms with Gasteiger partial charge in [0.15, 0.2) is 0 Å². The van der Waals surface area contributed by atoms with Crippen LogP contribution in [0.3, 0.4) is 0 Å². The molecule has 0 aliphatic carbocycles. The van der Waals surface area contributed by atoms with E-state index in [1.54, 1.807) is 12.1 Å². The highest BCUT2D eigenvalue weighted by Crippen LogP contribution is 2.26. The number of esters is 2. The van der Waals surface area contributed by atoms with Gasteiger partial charge in [-0.05, 0) is 42.8 Å². The molecule has 0 fully saturated rings. The van der Waals surface area contributed by atoms with Crippen molar-refractivity contribution in [2.45, 2.75) is 19.5 Å². The topological polar surface area (TPSA) is 77.8 Å². The molecule has 1 aromatic heterocycles. The van der Waals surface area contributed by atoms with Crippen LogP contribution in [0, 0.1) is 0 Å². The Kier molecular flexibility index (Phi) is 6.46. The van der Waals surface area contributed by atoms with Crippen LogP contribution < -0.4 is 5.32 Å². The predicted molar refractivity (Wildman–Crippen MR) is 109 cm³/mol. The average molecular weight is 393 g/mol. The van der Waals surface area contributed by atoms with Crippen molar-refractivity contribution in [1.29, 1.82) is 0 Å². The molecule has 2 aromatic carbocycles. The van der Waals surface area contributed by atoms with Crippen molar-refractivity contribution in [1.82, 2.24) is 5.32 Å². The van der Waals surface area contributed by atoms with Crippen LogP contribution in [0.1, 0.15) is 45.0 Å². The molecule has 0 spiro atoms. The van der Waals surface area contributed by atoms with E-state index in [9.17, 15) is 9.59 Å². The maximum absolute atomic E-state index is 12.0. The molecular weight excluding hydrogens is 370 g/mol. The lowest BCUT2D eigenvalue weighted by Crippen LogP contribution is -2.17. The summed E-state index contributed by atoms with van der Waals surface area (Å²) in [7, 11) is 2.58. The fourth-order valence-electron chi connectivity index (χ4n) is 2.98. The molecule has 0 saturated carbocycles. The van der Waals surface area contributed by atoms with E-state index in [1.807, 2.05) is 30.3 Å². The van der Waals surface area contributed by atoms with Gasteiger partial charge in [0.25, 0.3) is 0 Å². The third-order valence-electron chi connectivity index (χ3n) is 4.60. The third-order valence-corrected chi connectivity index (χ3v) is 4.60. The van der Waals surface area contributed by atoms with Crippen molar-refractivity contribution in [2.75, 3.05) is 14.2 Å². The summed E-state index contributed by atoms with van der Waals surface area (Å²) in [6, 6.07) is 18.7. The molecule has 3 aromatic rings. The molecule has 0 unspecified atom stereocenters. The number of methoxy groups -OCH3 is 2. The van der Waals surface area contributed by atoms with Crippen LogP contribution in [0.4, 0.5) is 0 Å². The standard InChI is InChI=1S/C23H23NO5/c1-15(16-7-5-4-6-8-16)24-14-20-9-10-21(29-20)17-11-18(22(25)27-2)13-19(12-17)23(26)28-3/h4-13,15,24H,14H2,1-3H3/t15-/m1/s1. The largest absolute Gasteiger partial charge is 0.465 e. The Hall–Kier alpha value is -3.38. The van der Waals surface area contributed by atoms with Gasteiger partial charge in [0.2, 0.25) is 0 Å². The van der Waals surface area contributed by atoms with Gasteiger partial charge in [0.05, 0.1) is 31.9 Å². The number of carbonyl (C=O) groups excluding carboxylic acids is 2. The van der Waals surface area contributed by atoms with Gasteiger partial charge in [0.1, 0.15) is 11.5 Å². The minimum atomic E-state index is -0.540. The Labute approximate surface area is 169 Å². The van der Waals surface area contributed by atoms with E-state index >= 15 is 0 Å². The van der Waals surface area contributed by atoms with Crippen LogP contribution in [0.2, 0.25) is 0 Å². The average Bonchev–Trinajstić information content (AvgIpc) is 3.25. The highest BCUT2D eigenvalue weighted by Gasteiger charge is 2.16. The lowest BCUT2D eigenvalue weighted by Gasteiger charge is -2.13. The zero-order valence-electron chi connectivity index (χ0n) is 16.6. The molecule has 1 heterocycles. The van der Waals surface area contributed by atoms with Gasteiger partial charge in [-0.2, -0.15) is 0 Å². The Balaban J connectivity index is 1.80. The highest BCUT2D eigenvalue weighted by atomic mass is 16.5. The molecule has 3 rings (SSSR count). The number of nitrogens with one attached hydrogen (secondary N) is 1. The molecular formula is C23H23NO5. The number of furan rings is 1. The molecule has 0 amide bonds. The van der Waals surface area contributed by atoms with Gasteiger partial charge in [-0.1, -0.05) is 30.3 Å². The minimum absolute atomic E-state index is 0.165. The summed E-state index contributed by atoms with van der Waals surface area (Å²) in [5, 5.41) is 3.42. The lowest BCUT2D eigenvalue weighted by atomic mass is 10.0. The summed E-state index contributed by atoms with van der Waals surface area (Å²) in [5.41, 5.74) is 2.28. The van der Waals surface area contributed by atoms with Crippen molar-refractivity contribution in [2.24, 2.45) is 0 Å². The number of ether oxygens (including phenoxy) is 2. The first-order valence-electron chi connectivity index (χ1n) is 9.21. The first kappa shape index (κ1) is 20.4. The predicted octanol–water partition coefficient (Wildman–Crippen LogP) is 4.37. The van der Waals surface area contributed by atoms with Crippen molar-refractivity contribution in [3.63, 3.8) is 0 Å². The second kappa shape index (κ2) is 9.21. The Morgan fingerprint density at radius 3 is 2.14 bits per heavy atom. The van der Waals surface area contributed by atoms with Crippen LogP contribution in [0.5, 0.6) is 0 Å². The summed E-state index contributed by atoms with van der Waals surface area (Å²) in [6.07, 6.45) is 0. The van der Waals surface area contributed by atoms with Crippen LogP contribution >= 0.6 is 0 Å². The van der Waals surface area contributed by atoms with Crippen molar-refractivity contribution >= 4 is 11.9 Å². The van der Waals surface area contributed by atoms with Crippen LogP contribution in [-0.4, -0.2) is 26.2 Å². The van der Waals surface area contributed by atoms with Crippen molar-refractivity contribution in [3.8, 4) is 11.3 Å². The molecule has 6 heteroatoms. The van der Waals surface area contributed by atoms with Crippen LogP contribution in [0.15, 0.2) is 65.1 Å². The normalized spacial score (nSPS) is 11.7.